The quantitative estimate of drug-likeness (QED) is 0.519. The lowest BCUT2D eigenvalue weighted by molar-refractivity contribution is 0.938. The molecule has 4 aromatic rings. The molecule has 0 fully saturated rings. The van der Waals surface area contributed by atoms with Crippen LogP contribution in [-0.4, -0.2) is 14.6 Å². The van der Waals surface area contributed by atoms with Crippen molar-refractivity contribution in [1.82, 2.24) is 14.6 Å². The minimum Gasteiger partial charge on any atom is -0.233 e. The van der Waals surface area contributed by atoms with Gasteiger partial charge < -0.3 is 0 Å². The largest absolute Gasteiger partial charge is 0.233 e. The topological polar surface area (TPSA) is 30.2 Å². The van der Waals surface area contributed by atoms with Gasteiger partial charge >= 0.3 is 0 Å². The molecule has 0 bridgehead atoms. The standard InChI is InChI=1S/C19H14ClN3/c1-13-10-18(14-6-3-2-4-7-14)23-19(22-13)17(12-21-23)15-8-5-9-16(20)11-15/h2-12H,1H3. The second-order valence-electron chi connectivity index (χ2n) is 5.45. The number of aromatic nitrogens is 3. The number of hydrogen-bond donors (Lipinski definition) is 0. The summed E-state index contributed by atoms with van der Waals surface area (Å²) in [5, 5.41) is 5.26. The average molecular weight is 320 g/mol. The number of nitrogens with zero attached hydrogens (tertiary/aromatic N) is 3. The maximum Gasteiger partial charge on any atom is 0.163 e. The van der Waals surface area contributed by atoms with Gasteiger partial charge in [-0.2, -0.15) is 5.10 Å². The first-order valence-corrected chi connectivity index (χ1v) is 7.77. The maximum absolute atomic E-state index is 6.12. The fourth-order valence-corrected chi connectivity index (χ4v) is 2.95. The van der Waals surface area contributed by atoms with E-state index in [1.807, 2.05) is 60.1 Å². The summed E-state index contributed by atoms with van der Waals surface area (Å²) in [6.45, 7) is 2.00. The highest BCUT2D eigenvalue weighted by Gasteiger charge is 2.13. The first kappa shape index (κ1) is 14.0. The molecule has 2 aromatic carbocycles. The van der Waals surface area contributed by atoms with Gasteiger partial charge in [0.15, 0.2) is 5.65 Å². The van der Waals surface area contributed by atoms with Crippen LogP contribution in [0.1, 0.15) is 5.69 Å². The summed E-state index contributed by atoms with van der Waals surface area (Å²) in [7, 11) is 0. The van der Waals surface area contributed by atoms with Crippen molar-refractivity contribution in [2.45, 2.75) is 6.92 Å². The highest BCUT2D eigenvalue weighted by molar-refractivity contribution is 6.30. The van der Waals surface area contributed by atoms with Gasteiger partial charge in [-0.05, 0) is 30.7 Å². The number of fused-ring (bicyclic) bond motifs is 1. The number of rotatable bonds is 2. The Kier molecular flexibility index (Phi) is 3.36. The van der Waals surface area contributed by atoms with Crippen LogP contribution in [0.4, 0.5) is 0 Å². The first-order valence-electron chi connectivity index (χ1n) is 7.39. The Morgan fingerprint density at radius 1 is 0.913 bits per heavy atom. The summed E-state index contributed by atoms with van der Waals surface area (Å²) in [4.78, 5) is 4.69. The third kappa shape index (κ3) is 2.49. The predicted molar refractivity (Wildman–Crippen MR) is 93.6 cm³/mol. The molecular weight excluding hydrogens is 306 g/mol. The molecule has 0 aliphatic carbocycles. The molecule has 0 N–H and O–H groups in total. The van der Waals surface area contributed by atoms with Gasteiger partial charge in [0.1, 0.15) is 0 Å². The zero-order chi connectivity index (χ0) is 15.8. The molecule has 0 unspecified atom stereocenters. The van der Waals surface area contributed by atoms with Crippen LogP contribution in [0.25, 0.3) is 28.0 Å². The van der Waals surface area contributed by atoms with Crippen LogP contribution in [0, 0.1) is 6.92 Å². The maximum atomic E-state index is 6.12. The third-order valence-corrected chi connectivity index (χ3v) is 4.04. The fraction of sp³-hybridized carbons (Fsp3) is 0.0526. The molecule has 0 aliphatic heterocycles. The molecule has 2 heterocycles. The van der Waals surface area contributed by atoms with E-state index in [-0.39, 0.29) is 0 Å². The normalized spacial score (nSPS) is 11.0. The predicted octanol–water partition coefficient (Wildman–Crippen LogP) is 5.03. The van der Waals surface area contributed by atoms with E-state index in [4.69, 9.17) is 11.6 Å². The highest BCUT2D eigenvalue weighted by atomic mass is 35.5. The van der Waals surface area contributed by atoms with Gasteiger partial charge in [0.25, 0.3) is 0 Å². The van der Waals surface area contributed by atoms with Crippen molar-refractivity contribution < 1.29 is 0 Å². The Morgan fingerprint density at radius 2 is 1.70 bits per heavy atom. The Morgan fingerprint density at radius 3 is 2.48 bits per heavy atom. The van der Waals surface area contributed by atoms with Gasteiger partial charge in [-0.1, -0.05) is 54.1 Å². The molecule has 0 saturated carbocycles. The van der Waals surface area contributed by atoms with Gasteiger partial charge in [-0.25, -0.2) is 9.50 Å². The molecule has 0 amide bonds. The van der Waals surface area contributed by atoms with Crippen molar-refractivity contribution in [2.24, 2.45) is 0 Å². The van der Waals surface area contributed by atoms with E-state index in [0.29, 0.717) is 5.02 Å². The van der Waals surface area contributed by atoms with E-state index >= 15 is 0 Å². The average Bonchev–Trinajstić information content (AvgIpc) is 2.98. The Hall–Kier alpha value is -2.65. The molecule has 4 heteroatoms. The molecule has 4 rings (SSSR count). The molecule has 23 heavy (non-hydrogen) atoms. The third-order valence-electron chi connectivity index (χ3n) is 3.81. The van der Waals surface area contributed by atoms with Gasteiger partial charge in [-0.15, -0.1) is 0 Å². The van der Waals surface area contributed by atoms with Crippen LogP contribution >= 0.6 is 11.6 Å². The van der Waals surface area contributed by atoms with Crippen molar-refractivity contribution in [3.8, 4) is 22.4 Å². The van der Waals surface area contributed by atoms with Gasteiger partial charge in [0, 0.05) is 21.8 Å². The van der Waals surface area contributed by atoms with Crippen LogP contribution < -0.4 is 0 Å². The molecule has 0 spiro atoms. The number of halogens is 1. The monoisotopic (exact) mass is 319 g/mol. The molecule has 112 valence electrons. The van der Waals surface area contributed by atoms with Gasteiger partial charge in [-0.3, -0.25) is 0 Å². The summed E-state index contributed by atoms with van der Waals surface area (Å²) >= 11 is 6.12. The van der Waals surface area contributed by atoms with Crippen molar-refractivity contribution >= 4 is 17.2 Å². The Labute approximate surface area is 139 Å². The second kappa shape index (κ2) is 5.52. The SMILES string of the molecule is Cc1cc(-c2ccccc2)n2ncc(-c3cccc(Cl)c3)c2n1. The van der Waals surface area contributed by atoms with Crippen LogP contribution in [0.3, 0.4) is 0 Å². The number of benzene rings is 2. The fourth-order valence-electron chi connectivity index (χ4n) is 2.76. The minimum absolute atomic E-state index is 0.706. The van der Waals surface area contributed by atoms with Crippen LogP contribution in [-0.2, 0) is 0 Å². The van der Waals surface area contributed by atoms with Crippen molar-refractivity contribution in [1.29, 1.82) is 0 Å². The van der Waals surface area contributed by atoms with Crippen molar-refractivity contribution in [2.75, 3.05) is 0 Å². The van der Waals surface area contributed by atoms with Crippen LogP contribution in [0.5, 0.6) is 0 Å². The molecule has 2 aromatic heterocycles. The number of hydrogen-bond acceptors (Lipinski definition) is 2. The Balaban J connectivity index is 1.99. The molecular formula is C19H14ClN3. The lowest BCUT2D eigenvalue weighted by atomic mass is 10.1. The molecule has 0 radical (unpaired) electrons. The van der Waals surface area contributed by atoms with Gasteiger partial charge in [0.05, 0.1) is 11.9 Å². The lowest BCUT2D eigenvalue weighted by Gasteiger charge is -2.07. The van der Waals surface area contributed by atoms with E-state index in [0.717, 1.165) is 33.7 Å². The molecule has 0 atom stereocenters. The van der Waals surface area contributed by atoms with E-state index in [1.165, 1.54) is 0 Å². The Bertz CT molecular complexity index is 990. The minimum atomic E-state index is 0.706. The second-order valence-corrected chi connectivity index (χ2v) is 5.89. The van der Waals surface area contributed by atoms with E-state index in [2.05, 4.69) is 28.3 Å². The summed E-state index contributed by atoms with van der Waals surface area (Å²) in [6, 6.07) is 20.0. The van der Waals surface area contributed by atoms with E-state index in [9.17, 15) is 0 Å². The van der Waals surface area contributed by atoms with Crippen LogP contribution in [0.15, 0.2) is 66.9 Å². The highest BCUT2D eigenvalue weighted by Crippen LogP contribution is 2.29. The molecule has 0 saturated heterocycles. The summed E-state index contributed by atoms with van der Waals surface area (Å²) in [5.74, 6) is 0. The lowest BCUT2D eigenvalue weighted by Crippen LogP contribution is -1.98. The zero-order valence-electron chi connectivity index (χ0n) is 12.6. The van der Waals surface area contributed by atoms with Crippen molar-refractivity contribution in [3.05, 3.63) is 77.6 Å². The first-order chi connectivity index (χ1) is 11.2. The number of aryl methyl sites for hydroxylation is 1. The summed E-state index contributed by atoms with van der Waals surface area (Å²) in [5.41, 5.74) is 5.94. The van der Waals surface area contributed by atoms with E-state index < -0.39 is 0 Å². The summed E-state index contributed by atoms with van der Waals surface area (Å²) in [6.07, 6.45) is 1.85. The molecule has 3 nitrogen and oxygen atoms in total. The van der Waals surface area contributed by atoms with Gasteiger partial charge in [0.2, 0.25) is 0 Å². The van der Waals surface area contributed by atoms with Crippen LogP contribution in [0.2, 0.25) is 5.02 Å². The summed E-state index contributed by atoms with van der Waals surface area (Å²) < 4.78 is 1.89. The van der Waals surface area contributed by atoms with E-state index in [1.54, 1.807) is 0 Å². The molecule has 0 aliphatic rings. The smallest absolute Gasteiger partial charge is 0.163 e. The van der Waals surface area contributed by atoms with Crippen molar-refractivity contribution in [3.63, 3.8) is 0 Å². The zero-order valence-corrected chi connectivity index (χ0v) is 13.3.